The van der Waals surface area contributed by atoms with Gasteiger partial charge in [-0.05, 0) is 31.7 Å². The Morgan fingerprint density at radius 2 is 1.85 bits per heavy atom. The molecule has 1 aliphatic carbocycles. The van der Waals surface area contributed by atoms with Crippen molar-refractivity contribution in [1.82, 2.24) is 15.3 Å². The summed E-state index contributed by atoms with van der Waals surface area (Å²) < 4.78 is 0. The highest BCUT2D eigenvalue weighted by Crippen LogP contribution is 2.24. The first kappa shape index (κ1) is 14.4. The molecule has 1 fully saturated rings. The van der Waals surface area contributed by atoms with E-state index in [9.17, 15) is 9.59 Å². The lowest BCUT2D eigenvalue weighted by molar-refractivity contribution is -0.143. The average Bonchev–Trinajstić information content (AvgIpc) is 2.46. The van der Waals surface area contributed by atoms with E-state index in [-0.39, 0.29) is 30.4 Å². The Hall–Kier alpha value is -2.02. The first-order valence-electron chi connectivity index (χ1n) is 6.68. The standard InChI is InChI=1S/C13H18N4O3/c18-11(17-13-14-6-1-7-15-13)8-16-10-4-2-9(3-5-10)12(19)20/h1,6-7,9-10,16H,2-5,8H2,(H,19,20)(H,14,15,17,18). The van der Waals surface area contributed by atoms with Crippen LogP contribution in [0.2, 0.25) is 0 Å². The summed E-state index contributed by atoms with van der Waals surface area (Å²) in [5, 5.41) is 14.6. The first-order chi connectivity index (χ1) is 9.65. The minimum Gasteiger partial charge on any atom is -0.481 e. The molecule has 0 bridgehead atoms. The van der Waals surface area contributed by atoms with E-state index in [2.05, 4.69) is 20.6 Å². The Labute approximate surface area is 116 Å². The Bertz CT molecular complexity index is 458. The molecule has 1 aliphatic rings. The zero-order chi connectivity index (χ0) is 14.4. The molecule has 7 heteroatoms. The molecule has 0 unspecified atom stereocenters. The third kappa shape index (κ3) is 4.27. The van der Waals surface area contributed by atoms with Gasteiger partial charge < -0.3 is 10.4 Å². The Morgan fingerprint density at radius 3 is 2.45 bits per heavy atom. The van der Waals surface area contributed by atoms with Gasteiger partial charge in [0.05, 0.1) is 12.5 Å². The van der Waals surface area contributed by atoms with Gasteiger partial charge in [-0.1, -0.05) is 0 Å². The largest absolute Gasteiger partial charge is 0.481 e. The predicted octanol–water partition coefficient (Wildman–Crippen LogP) is 0.648. The van der Waals surface area contributed by atoms with E-state index in [1.807, 2.05) is 0 Å². The minimum absolute atomic E-state index is 0.181. The van der Waals surface area contributed by atoms with Crippen molar-refractivity contribution in [3.63, 3.8) is 0 Å². The number of carboxylic acids is 1. The molecule has 1 saturated carbocycles. The molecular weight excluding hydrogens is 260 g/mol. The van der Waals surface area contributed by atoms with Crippen LogP contribution in [0.3, 0.4) is 0 Å². The molecule has 1 aromatic rings. The maximum Gasteiger partial charge on any atom is 0.306 e. The van der Waals surface area contributed by atoms with E-state index < -0.39 is 5.97 Å². The number of nitrogens with zero attached hydrogens (tertiary/aromatic N) is 2. The van der Waals surface area contributed by atoms with Crippen LogP contribution in [0.15, 0.2) is 18.5 Å². The van der Waals surface area contributed by atoms with Crippen molar-refractivity contribution in [2.75, 3.05) is 11.9 Å². The zero-order valence-electron chi connectivity index (χ0n) is 11.1. The summed E-state index contributed by atoms with van der Waals surface area (Å²) in [7, 11) is 0. The molecule has 108 valence electrons. The number of rotatable bonds is 5. The number of anilines is 1. The highest BCUT2D eigenvalue weighted by atomic mass is 16.4. The highest BCUT2D eigenvalue weighted by molar-refractivity contribution is 5.90. The molecule has 0 aliphatic heterocycles. The molecule has 0 aromatic carbocycles. The lowest BCUT2D eigenvalue weighted by Crippen LogP contribution is -2.39. The number of aromatic nitrogens is 2. The molecule has 0 saturated heterocycles. The van der Waals surface area contributed by atoms with Crippen LogP contribution >= 0.6 is 0 Å². The van der Waals surface area contributed by atoms with E-state index in [0.717, 1.165) is 12.8 Å². The molecule has 0 spiro atoms. The summed E-state index contributed by atoms with van der Waals surface area (Å²) in [4.78, 5) is 30.3. The number of amides is 1. The second-order valence-corrected chi connectivity index (χ2v) is 4.89. The van der Waals surface area contributed by atoms with Gasteiger partial charge in [0, 0.05) is 18.4 Å². The summed E-state index contributed by atoms with van der Waals surface area (Å²) in [5.74, 6) is -0.868. The van der Waals surface area contributed by atoms with E-state index in [1.165, 1.54) is 0 Å². The van der Waals surface area contributed by atoms with Crippen LogP contribution in [-0.4, -0.2) is 39.5 Å². The summed E-state index contributed by atoms with van der Waals surface area (Å²) >= 11 is 0. The van der Waals surface area contributed by atoms with Gasteiger partial charge in [-0.2, -0.15) is 0 Å². The molecule has 7 nitrogen and oxygen atoms in total. The first-order valence-corrected chi connectivity index (χ1v) is 6.68. The van der Waals surface area contributed by atoms with Crippen LogP contribution in [0.5, 0.6) is 0 Å². The summed E-state index contributed by atoms with van der Waals surface area (Å²) in [5.41, 5.74) is 0. The maximum absolute atomic E-state index is 11.7. The summed E-state index contributed by atoms with van der Waals surface area (Å²) in [6.07, 6.45) is 6.01. The van der Waals surface area contributed by atoms with Crippen LogP contribution in [0.1, 0.15) is 25.7 Å². The molecule has 0 radical (unpaired) electrons. The second-order valence-electron chi connectivity index (χ2n) is 4.89. The topological polar surface area (TPSA) is 104 Å². The molecule has 1 amide bonds. The van der Waals surface area contributed by atoms with Crippen molar-refractivity contribution in [3.8, 4) is 0 Å². The van der Waals surface area contributed by atoms with Crippen LogP contribution in [0.25, 0.3) is 0 Å². The quantitative estimate of drug-likeness (QED) is 0.730. The van der Waals surface area contributed by atoms with Gasteiger partial charge in [0.25, 0.3) is 0 Å². The molecule has 0 atom stereocenters. The highest BCUT2D eigenvalue weighted by Gasteiger charge is 2.25. The van der Waals surface area contributed by atoms with E-state index in [0.29, 0.717) is 12.8 Å². The SMILES string of the molecule is O=C(CNC1CCC(C(=O)O)CC1)Nc1ncccn1. The molecule has 1 heterocycles. The Balaban J connectivity index is 1.68. The molecular formula is C13H18N4O3. The van der Waals surface area contributed by atoms with Crippen molar-refractivity contribution in [2.45, 2.75) is 31.7 Å². The van der Waals surface area contributed by atoms with E-state index in [1.54, 1.807) is 18.5 Å². The van der Waals surface area contributed by atoms with Crippen molar-refractivity contribution >= 4 is 17.8 Å². The lowest BCUT2D eigenvalue weighted by atomic mass is 9.86. The van der Waals surface area contributed by atoms with Gasteiger partial charge in [-0.25, -0.2) is 9.97 Å². The van der Waals surface area contributed by atoms with Crippen molar-refractivity contribution in [3.05, 3.63) is 18.5 Å². The fourth-order valence-electron chi connectivity index (χ4n) is 2.31. The number of aliphatic carboxylic acids is 1. The smallest absolute Gasteiger partial charge is 0.306 e. The van der Waals surface area contributed by atoms with Crippen LogP contribution in [0.4, 0.5) is 5.95 Å². The van der Waals surface area contributed by atoms with Gasteiger partial charge >= 0.3 is 5.97 Å². The number of carbonyl (C=O) groups is 2. The number of hydrogen-bond acceptors (Lipinski definition) is 5. The summed E-state index contributed by atoms with van der Waals surface area (Å²) in [6, 6.07) is 1.88. The van der Waals surface area contributed by atoms with Crippen molar-refractivity contribution in [2.24, 2.45) is 5.92 Å². The van der Waals surface area contributed by atoms with Gasteiger partial charge in [0.1, 0.15) is 0 Å². The van der Waals surface area contributed by atoms with Gasteiger partial charge in [0.2, 0.25) is 11.9 Å². The second kappa shape index (κ2) is 6.95. The maximum atomic E-state index is 11.7. The van der Waals surface area contributed by atoms with Crippen LogP contribution in [0, 0.1) is 5.92 Å². The third-order valence-electron chi connectivity index (χ3n) is 3.44. The van der Waals surface area contributed by atoms with Gasteiger partial charge in [-0.15, -0.1) is 0 Å². The molecule has 20 heavy (non-hydrogen) atoms. The molecule has 3 N–H and O–H groups in total. The van der Waals surface area contributed by atoms with Crippen molar-refractivity contribution < 1.29 is 14.7 Å². The fraction of sp³-hybridized carbons (Fsp3) is 0.538. The summed E-state index contributed by atoms with van der Waals surface area (Å²) in [6.45, 7) is 0.181. The predicted molar refractivity (Wildman–Crippen MR) is 72.0 cm³/mol. The molecule has 2 rings (SSSR count). The van der Waals surface area contributed by atoms with E-state index in [4.69, 9.17) is 5.11 Å². The Morgan fingerprint density at radius 1 is 1.20 bits per heavy atom. The number of nitrogens with one attached hydrogen (secondary N) is 2. The number of hydrogen-bond donors (Lipinski definition) is 3. The molecule has 1 aromatic heterocycles. The zero-order valence-corrected chi connectivity index (χ0v) is 11.1. The average molecular weight is 278 g/mol. The van der Waals surface area contributed by atoms with Crippen LogP contribution in [-0.2, 0) is 9.59 Å². The fourth-order valence-corrected chi connectivity index (χ4v) is 2.31. The van der Waals surface area contributed by atoms with Gasteiger partial charge in [0.15, 0.2) is 0 Å². The minimum atomic E-state index is -0.720. The van der Waals surface area contributed by atoms with E-state index >= 15 is 0 Å². The van der Waals surface area contributed by atoms with Gasteiger partial charge in [-0.3, -0.25) is 14.9 Å². The van der Waals surface area contributed by atoms with Crippen LogP contribution < -0.4 is 10.6 Å². The normalized spacial score (nSPS) is 22.2. The number of carboxylic acid groups (broad SMARTS) is 1. The number of carbonyl (C=O) groups excluding carboxylic acids is 1. The lowest BCUT2D eigenvalue weighted by Gasteiger charge is -2.26. The monoisotopic (exact) mass is 278 g/mol. The van der Waals surface area contributed by atoms with Crippen molar-refractivity contribution in [1.29, 1.82) is 0 Å². The Kier molecular flexibility index (Phi) is 5.00. The third-order valence-corrected chi connectivity index (χ3v) is 3.44.